The van der Waals surface area contributed by atoms with Crippen LogP contribution in [0.4, 0.5) is 0 Å². The molecule has 2 fully saturated rings. The van der Waals surface area contributed by atoms with Crippen molar-refractivity contribution >= 4 is 5.91 Å². The number of likely N-dealkylation sites (tertiary alicyclic amines) is 1. The number of hydrogen-bond acceptors (Lipinski definition) is 3. The number of carbonyl (C=O) groups is 1. The van der Waals surface area contributed by atoms with Crippen LogP contribution in [0, 0.1) is 6.92 Å². The number of methoxy groups -OCH3 is 1. The van der Waals surface area contributed by atoms with E-state index in [0.29, 0.717) is 12.1 Å². The summed E-state index contributed by atoms with van der Waals surface area (Å²) in [5.41, 5.74) is 1.80. The Hall–Kier alpha value is -1.55. The van der Waals surface area contributed by atoms with E-state index in [2.05, 4.69) is 10.2 Å². The van der Waals surface area contributed by atoms with Gasteiger partial charge in [-0.25, -0.2) is 0 Å². The SMILES string of the molecule is COc1cc(C(=O)N2CCCC2C2CCCN2)ccc1C. The number of amides is 1. The molecule has 0 saturated carbocycles. The van der Waals surface area contributed by atoms with Gasteiger partial charge in [0.15, 0.2) is 0 Å². The van der Waals surface area contributed by atoms with E-state index in [-0.39, 0.29) is 5.91 Å². The fourth-order valence-electron chi connectivity index (χ4n) is 3.62. The van der Waals surface area contributed by atoms with Crippen LogP contribution in [0.5, 0.6) is 5.75 Å². The molecule has 2 heterocycles. The van der Waals surface area contributed by atoms with Crippen molar-refractivity contribution in [2.75, 3.05) is 20.2 Å². The highest BCUT2D eigenvalue weighted by molar-refractivity contribution is 5.95. The lowest BCUT2D eigenvalue weighted by Gasteiger charge is -2.29. The van der Waals surface area contributed by atoms with Crippen molar-refractivity contribution in [3.05, 3.63) is 29.3 Å². The summed E-state index contributed by atoms with van der Waals surface area (Å²) >= 11 is 0. The van der Waals surface area contributed by atoms with Gasteiger partial charge in [-0.3, -0.25) is 4.79 Å². The van der Waals surface area contributed by atoms with Gasteiger partial charge < -0.3 is 15.0 Å². The van der Waals surface area contributed by atoms with Crippen LogP contribution in [0.2, 0.25) is 0 Å². The molecule has 21 heavy (non-hydrogen) atoms. The zero-order chi connectivity index (χ0) is 14.8. The molecular weight excluding hydrogens is 264 g/mol. The first-order valence-corrected chi connectivity index (χ1v) is 7.89. The van der Waals surface area contributed by atoms with Gasteiger partial charge in [-0.05, 0) is 56.8 Å². The smallest absolute Gasteiger partial charge is 0.254 e. The molecule has 2 saturated heterocycles. The summed E-state index contributed by atoms with van der Waals surface area (Å²) in [6.07, 6.45) is 4.64. The maximum Gasteiger partial charge on any atom is 0.254 e. The first-order valence-electron chi connectivity index (χ1n) is 7.89. The predicted octanol–water partition coefficient (Wildman–Crippen LogP) is 2.36. The third-order valence-electron chi connectivity index (χ3n) is 4.78. The molecule has 1 aromatic rings. The van der Waals surface area contributed by atoms with Gasteiger partial charge in [0.2, 0.25) is 0 Å². The molecule has 0 aliphatic carbocycles. The van der Waals surface area contributed by atoms with Crippen LogP contribution in [0.1, 0.15) is 41.6 Å². The van der Waals surface area contributed by atoms with Crippen molar-refractivity contribution in [3.8, 4) is 5.75 Å². The summed E-state index contributed by atoms with van der Waals surface area (Å²) in [5, 5.41) is 3.55. The summed E-state index contributed by atoms with van der Waals surface area (Å²) in [6, 6.07) is 6.58. The van der Waals surface area contributed by atoms with E-state index in [1.165, 1.54) is 12.8 Å². The van der Waals surface area contributed by atoms with Gasteiger partial charge in [-0.15, -0.1) is 0 Å². The highest BCUT2D eigenvalue weighted by atomic mass is 16.5. The van der Waals surface area contributed by atoms with Gasteiger partial charge in [-0.1, -0.05) is 6.07 Å². The maximum atomic E-state index is 12.8. The number of nitrogens with one attached hydrogen (secondary N) is 1. The number of rotatable bonds is 3. The Morgan fingerprint density at radius 1 is 1.33 bits per heavy atom. The Morgan fingerprint density at radius 2 is 2.19 bits per heavy atom. The average Bonchev–Trinajstić information content (AvgIpc) is 3.17. The summed E-state index contributed by atoms with van der Waals surface area (Å²) in [5.74, 6) is 0.931. The summed E-state index contributed by atoms with van der Waals surface area (Å²) in [6.45, 7) is 3.95. The second-order valence-corrected chi connectivity index (χ2v) is 6.10. The molecule has 2 unspecified atom stereocenters. The minimum absolute atomic E-state index is 0.143. The second-order valence-electron chi connectivity index (χ2n) is 6.10. The lowest BCUT2D eigenvalue weighted by Crippen LogP contribution is -2.46. The summed E-state index contributed by atoms with van der Waals surface area (Å²) in [7, 11) is 1.65. The molecule has 0 bridgehead atoms. The molecule has 1 amide bonds. The summed E-state index contributed by atoms with van der Waals surface area (Å²) in [4.78, 5) is 14.9. The Bertz CT molecular complexity index is 524. The number of benzene rings is 1. The number of hydrogen-bond donors (Lipinski definition) is 1. The van der Waals surface area contributed by atoms with Crippen molar-refractivity contribution in [2.45, 2.75) is 44.7 Å². The molecular formula is C17H24N2O2. The van der Waals surface area contributed by atoms with E-state index in [9.17, 15) is 4.79 Å². The van der Waals surface area contributed by atoms with Crippen molar-refractivity contribution in [1.29, 1.82) is 0 Å². The minimum atomic E-state index is 0.143. The van der Waals surface area contributed by atoms with Crippen molar-refractivity contribution in [3.63, 3.8) is 0 Å². The molecule has 0 aromatic heterocycles. The van der Waals surface area contributed by atoms with Crippen molar-refractivity contribution in [2.24, 2.45) is 0 Å². The zero-order valence-corrected chi connectivity index (χ0v) is 12.9. The zero-order valence-electron chi connectivity index (χ0n) is 12.9. The standard InChI is InChI=1S/C17H24N2O2/c1-12-7-8-13(11-16(12)21-2)17(20)19-10-4-6-15(19)14-5-3-9-18-14/h7-8,11,14-15,18H,3-6,9-10H2,1-2H3. The number of carbonyl (C=O) groups excluding carboxylic acids is 1. The molecule has 0 radical (unpaired) electrons. The Balaban J connectivity index is 1.80. The lowest BCUT2D eigenvalue weighted by molar-refractivity contribution is 0.0711. The van der Waals surface area contributed by atoms with E-state index >= 15 is 0 Å². The van der Waals surface area contributed by atoms with Crippen LogP contribution in [-0.2, 0) is 0 Å². The quantitative estimate of drug-likeness (QED) is 0.928. The van der Waals surface area contributed by atoms with Crippen LogP contribution in [-0.4, -0.2) is 43.1 Å². The third kappa shape index (κ3) is 2.77. The van der Waals surface area contributed by atoms with E-state index < -0.39 is 0 Å². The Kier molecular flexibility index (Phi) is 4.15. The molecule has 2 aliphatic heterocycles. The van der Waals surface area contributed by atoms with Crippen LogP contribution in [0.25, 0.3) is 0 Å². The predicted molar refractivity (Wildman–Crippen MR) is 82.8 cm³/mol. The largest absolute Gasteiger partial charge is 0.496 e. The average molecular weight is 288 g/mol. The van der Waals surface area contributed by atoms with Gasteiger partial charge in [0.1, 0.15) is 5.75 Å². The normalized spacial score (nSPS) is 25.3. The first-order chi connectivity index (χ1) is 10.2. The monoisotopic (exact) mass is 288 g/mol. The molecule has 1 aromatic carbocycles. The number of ether oxygens (including phenoxy) is 1. The Labute approximate surface area is 126 Å². The van der Waals surface area contributed by atoms with Gasteiger partial charge >= 0.3 is 0 Å². The van der Waals surface area contributed by atoms with Gasteiger partial charge in [0.25, 0.3) is 5.91 Å². The second kappa shape index (κ2) is 6.06. The summed E-state index contributed by atoms with van der Waals surface area (Å²) < 4.78 is 5.34. The molecule has 2 aliphatic rings. The van der Waals surface area contributed by atoms with Crippen LogP contribution < -0.4 is 10.1 Å². The van der Waals surface area contributed by atoms with E-state index in [4.69, 9.17) is 4.74 Å². The van der Waals surface area contributed by atoms with E-state index in [0.717, 1.165) is 42.8 Å². The van der Waals surface area contributed by atoms with Crippen LogP contribution >= 0.6 is 0 Å². The lowest BCUT2D eigenvalue weighted by atomic mass is 10.0. The highest BCUT2D eigenvalue weighted by Gasteiger charge is 2.36. The first kappa shape index (κ1) is 14.4. The van der Waals surface area contributed by atoms with Gasteiger partial charge in [0.05, 0.1) is 7.11 Å². The van der Waals surface area contributed by atoms with Gasteiger partial charge in [0, 0.05) is 24.2 Å². The van der Waals surface area contributed by atoms with Crippen molar-refractivity contribution < 1.29 is 9.53 Å². The minimum Gasteiger partial charge on any atom is -0.496 e. The van der Waals surface area contributed by atoms with E-state index in [1.54, 1.807) is 7.11 Å². The molecule has 2 atom stereocenters. The van der Waals surface area contributed by atoms with E-state index in [1.807, 2.05) is 25.1 Å². The topological polar surface area (TPSA) is 41.6 Å². The van der Waals surface area contributed by atoms with Crippen LogP contribution in [0.15, 0.2) is 18.2 Å². The highest BCUT2D eigenvalue weighted by Crippen LogP contribution is 2.28. The molecule has 0 spiro atoms. The third-order valence-corrected chi connectivity index (χ3v) is 4.78. The fourth-order valence-corrected chi connectivity index (χ4v) is 3.62. The maximum absolute atomic E-state index is 12.8. The number of nitrogens with zero attached hydrogens (tertiary/aromatic N) is 1. The molecule has 3 rings (SSSR count). The van der Waals surface area contributed by atoms with Crippen LogP contribution in [0.3, 0.4) is 0 Å². The molecule has 114 valence electrons. The molecule has 4 nitrogen and oxygen atoms in total. The van der Waals surface area contributed by atoms with Gasteiger partial charge in [-0.2, -0.15) is 0 Å². The molecule has 1 N–H and O–H groups in total. The number of aryl methyl sites for hydroxylation is 1. The molecule has 4 heteroatoms. The van der Waals surface area contributed by atoms with Crippen molar-refractivity contribution in [1.82, 2.24) is 10.2 Å². The fraction of sp³-hybridized carbons (Fsp3) is 0.588. The Morgan fingerprint density at radius 3 is 2.90 bits per heavy atom.